The molecule has 11 nitrogen and oxygen atoms in total. The molecule has 1 aliphatic carbocycles. The van der Waals surface area contributed by atoms with E-state index in [1.807, 2.05) is 38.2 Å². The number of carbonyl (C=O) groups is 4. The van der Waals surface area contributed by atoms with Gasteiger partial charge in [-0.3, -0.25) is 14.4 Å². The van der Waals surface area contributed by atoms with Crippen LogP contribution in [-0.2, 0) is 33.4 Å². The molecule has 2 aliphatic heterocycles. The lowest BCUT2D eigenvalue weighted by atomic mass is 9.83. The van der Waals surface area contributed by atoms with E-state index in [0.29, 0.717) is 63.7 Å². The zero-order valence-electron chi connectivity index (χ0n) is 37.7. The molecule has 59 heavy (non-hydrogen) atoms. The van der Waals surface area contributed by atoms with Crippen LogP contribution < -0.4 is 0 Å². The number of aliphatic hydroxyl groups is 3. The Morgan fingerprint density at radius 3 is 2.41 bits per heavy atom. The van der Waals surface area contributed by atoms with Crippen molar-refractivity contribution < 1.29 is 48.7 Å². The van der Waals surface area contributed by atoms with Crippen LogP contribution in [0.15, 0.2) is 47.6 Å². The number of nitrogens with zero attached hydrogens (tertiary/aromatic N) is 1. The molecule has 9 atom stereocenters. The molecule has 1 amide bonds. The summed E-state index contributed by atoms with van der Waals surface area (Å²) in [6, 6.07) is -0.905. The van der Waals surface area contributed by atoms with Gasteiger partial charge in [0.05, 0.1) is 18.8 Å². The number of methoxy groups -OCH3 is 1. The van der Waals surface area contributed by atoms with E-state index in [-0.39, 0.29) is 49.4 Å². The summed E-state index contributed by atoms with van der Waals surface area (Å²) in [5.41, 5.74) is 2.08. The van der Waals surface area contributed by atoms with Gasteiger partial charge in [-0.1, -0.05) is 82.6 Å². The minimum Gasteiger partial charge on any atom is -0.461 e. The molecule has 3 rings (SSSR count). The van der Waals surface area contributed by atoms with Crippen LogP contribution in [0.4, 0.5) is 0 Å². The van der Waals surface area contributed by atoms with Gasteiger partial charge in [-0.05, 0) is 121 Å². The van der Waals surface area contributed by atoms with Gasteiger partial charge in [-0.25, -0.2) is 4.79 Å². The fraction of sp³-hybridized carbons (Fsp3) is 0.750. The van der Waals surface area contributed by atoms with Gasteiger partial charge < -0.3 is 34.4 Å². The van der Waals surface area contributed by atoms with E-state index < -0.39 is 41.5 Å². The molecule has 0 aromatic rings. The van der Waals surface area contributed by atoms with Crippen LogP contribution in [0.25, 0.3) is 0 Å². The quantitative estimate of drug-likeness (QED) is 0.0320. The minimum atomic E-state index is -2.19. The van der Waals surface area contributed by atoms with E-state index in [2.05, 4.69) is 32.9 Å². The van der Waals surface area contributed by atoms with Crippen molar-refractivity contribution in [2.24, 2.45) is 23.7 Å². The molecule has 3 fully saturated rings. The van der Waals surface area contributed by atoms with Gasteiger partial charge in [0, 0.05) is 39.0 Å². The third-order valence-electron chi connectivity index (χ3n) is 12.6. The number of unbranched alkanes of at least 4 members (excludes halogenated alkanes) is 1. The van der Waals surface area contributed by atoms with Gasteiger partial charge in [0.2, 0.25) is 5.79 Å². The molecule has 7 unspecified atom stereocenters. The summed E-state index contributed by atoms with van der Waals surface area (Å²) >= 11 is 0. The number of amides is 1. The SMILES string of the molecule is CC/C(C)=C/C=C/C=C/[C@@H](C)CC(C)C(=O)CC(O)/C(C)=C/CCC[C@@H](CCC1CCCC(OC)C1)OC(=O)C1CCCCN1C(=O)C(=O)C1(O)OCCCC1C.CO. The van der Waals surface area contributed by atoms with Crippen LogP contribution in [0.2, 0.25) is 0 Å². The maximum atomic E-state index is 13.9. The predicted octanol–water partition coefficient (Wildman–Crippen LogP) is 8.15. The Morgan fingerprint density at radius 1 is 0.966 bits per heavy atom. The van der Waals surface area contributed by atoms with Crippen molar-refractivity contribution in [3.8, 4) is 0 Å². The summed E-state index contributed by atoms with van der Waals surface area (Å²) in [4.78, 5) is 55.1. The number of likely N-dealkylation sites (tertiary alicyclic amines) is 1. The van der Waals surface area contributed by atoms with E-state index in [4.69, 9.17) is 19.3 Å². The highest BCUT2D eigenvalue weighted by atomic mass is 16.6. The van der Waals surface area contributed by atoms with Crippen molar-refractivity contribution >= 4 is 23.4 Å². The summed E-state index contributed by atoms with van der Waals surface area (Å²) in [7, 11) is 2.76. The number of rotatable bonds is 22. The van der Waals surface area contributed by atoms with Gasteiger partial charge in [0.1, 0.15) is 17.9 Å². The second kappa shape index (κ2) is 27.8. The molecule has 3 N–H and O–H groups in total. The van der Waals surface area contributed by atoms with Crippen molar-refractivity contribution in [1.82, 2.24) is 4.90 Å². The molecule has 336 valence electrons. The Balaban J connectivity index is 0.00000590. The van der Waals surface area contributed by atoms with Crippen molar-refractivity contribution in [2.45, 2.75) is 181 Å². The lowest BCUT2D eigenvalue weighted by molar-refractivity contribution is -0.240. The number of hydrogen-bond acceptors (Lipinski definition) is 10. The number of aliphatic hydroxyl groups excluding tert-OH is 2. The van der Waals surface area contributed by atoms with Crippen molar-refractivity contribution in [3.63, 3.8) is 0 Å². The third kappa shape index (κ3) is 17.5. The van der Waals surface area contributed by atoms with Crippen LogP contribution in [0.3, 0.4) is 0 Å². The fourth-order valence-electron chi connectivity index (χ4n) is 8.38. The number of Topliss-reactive ketones (excluding diaryl/α,β-unsaturated/α-hetero) is 2. The number of piperidine rings is 1. The first kappa shape index (κ1) is 52.2. The predicted molar refractivity (Wildman–Crippen MR) is 232 cm³/mol. The van der Waals surface area contributed by atoms with E-state index in [1.54, 1.807) is 14.0 Å². The van der Waals surface area contributed by atoms with Crippen molar-refractivity contribution in [2.75, 3.05) is 27.4 Å². The van der Waals surface area contributed by atoms with Crippen LogP contribution in [0.1, 0.15) is 151 Å². The molecule has 11 heteroatoms. The first-order valence-corrected chi connectivity index (χ1v) is 22.5. The smallest absolute Gasteiger partial charge is 0.329 e. The molecular formula is C48H79NO10. The van der Waals surface area contributed by atoms with Crippen molar-refractivity contribution in [1.29, 1.82) is 0 Å². The molecule has 0 aromatic heterocycles. The third-order valence-corrected chi connectivity index (χ3v) is 12.6. The Labute approximate surface area is 355 Å². The Morgan fingerprint density at radius 2 is 1.71 bits per heavy atom. The molecular weight excluding hydrogens is 751 g/mol. The first-order valence-electron chi connectivity index (χ1n) is 22.5. The fourth-order valence-corrected chi connectivity index (χ4v) is 8.38. The highest BCUT2D eigenvalue weighted by molar-refractivity contribution is 6.39. The zero-order valence-corrected chi connectivity index (χ0v) is 37.7. The summed E-state index contributed by atoms with van der Waals surface area (Å²) in [6.07, 6.45) is 23.9. The Kier molecular flexibility index (Phi) is 24.6. The minimum absolute atomic E-state index is 0.0461. The monoisotopic (exact) mass is 830 g/mol. The standard InChI is InChI=1S/C47H75NO9.CH4O/c1-8-33(2)18-10-9-11-19-34(3)30-36(5)43(50)32-42(49)35(4)20-12-13-23-39(27-26-38-22-16-24-40(31-38)55-7)57-46(53)41-25-14-15-28-48(41)45(52)44(51)47(54)37(6)21-17-29-56-47;1-2/h9-11,18-20,34,36-42,49,54H,8,12-17,21-32H2,1-7H3;2H,1H3/b10-9+,19-11+,33-18+,35-20+;/t34-,36?,37?,38?,39+,40?,41?,42?,47?;/m1./s1. The van der Waals surface area contributed by atoms with E-state index in [0.717, 1.165) is 57.6 Å². The number of carbonyl (C=O) groups excluding carboxylic acids is 4. The molecule has 3 aliphatic rings. The molecule has 2 heterocycles. The van der Waals surface area contributed by atoms with Crippen LogP contribution >= 0.6 is 0 Å². The molecule has 0 bridgehead atoms. The lowest BCUT2D eigenvalue weighted by Gasteiger charge is -2.39. The molecule has 2 saturated heterocycles. The average molecular weight is 830 g/mol. The van der Waals surface area contributed by atoms with Gasteiger partial charge in [-0.15, -0.1) is 0 Å². The second-order valence-corrected chi connectivity index (χ2v) is 17.3. The van der Waals surface area contributed by atoms with Gasteiger partial charge >= 0.3 is 5.97 Å². The highest BCUT2D eigenvalue weighted by Crippen LogP contribution is 2.33. The maximum Gasteiger partial charge on any atom is 0.329 e. The summed E-state index contributed by atoms with van der Waals surface area (Å²) < 4.78 is 17.3. The topological polar surface area (TPSA) is 160 Å². The summed E-state index contributed by atoms with van der Waals surface area (Å²) in [5.74, 6) is -4.56. The molecule has 1 saturated carbocycles. The lowest BCUT2D eigenvalue weighted by Crippen LogP contribution is -2.59. The molecule has 0 aromatic carbocycles. The Bertz CT molecular complexity index is 1420. The Hall–Kier alpha value is -2.96. The van der Waals surface area contributed by atoms with Crippen molar-refractivity contribution in [3.05, 3.63) is 47.6 Å². The largest absolute Gasteiger partial charge is 0.461 e. The highest BCUT2D eigenvalue weighted by Gasteiger charge is 2.50. The zero-order chi connectivity index (χ0) is 44.0. The van der Waals surface area contributed by atoms with Gasteiger partial charge in [0.25, 0.3) is 11.7 Å². The molecule has 0 radical (unpaired) electrons. The average Bonchev–Trinajstić information content (AvgIpc) is 3.24. The molecule has 0 spiro atoms. The van der Waals surface area contributed by atoms with E-state index in [1.165, 1.54) is 10.5 Å². The number of allylic oxidation sites excluding steroid dienone is 7. The summed E-state index contributed by atoms with van der Waals surface area (Å²) in [5, 5.41) is 29.0. The van der Waals surface area contributed by atoms with Crippen LogP contribution in [0.5, 0.6) is 0 Å². The van der Waals surface area contributed by atoms with Gasteiger partial charge in [-0.2, -0.15) is 0 Å². The number of esters is 1. The maximum absolute atomic E-state index is 13.9. The number of ether oxygens (including phenoxy) is 3. The first-order chi connectivity index (χ1) is 28.2. The van der Waals surface area contributed by atoms with E-state index in [9.17, 15) is 29.4 Å². The van der Waals surface area contributed by atoms with E-state index >= 15 is 0 Å². The summed E-state index contributed by atoms with van der Waals surface area (Å²) in [6.45, 7) is 12.2. The number of hydrogen-bond donors (Lipinski definition) is 3. The van der Waals surface area contributed by atoms with Gasteiger partial charge in [0.15, 0.2) is 0 Å². The van der Waals surface area contributed by atoms with Crippen LogP contribution in [0, 0.1) is 23.7 Å². The number of ketones is 2. The normalized spacial score (nSPS) is 26.5. The second-order valence-electron chi connectivity index (χ2n) is 17.3. The van der Waals surface area contributed by atoms with Crippen LogP contribution in [-0.4, -0.2) is 101 Å².